The van der Waals surface area contributed by atoms with Crippen molar-refractivity contribution in [2.45, 2.75) is 66.5 Å². The van der Waals surface area contributed by atoms with Crippen LogP contribution in [0.15, 0.2) is 12.7 Å². The fourth-order valence-electron chi connectivity index (χ4n) is 2.24. The van der Waals surface area contributed by atoms with Crippen molar-refractivity contribution in [2.75, 3.05) is 6.54 Å². The summed E-state index contributed by atoms with van der Waals surface area (Å²) in [5, 5.41) is 8.99. The molecule has 0 bridgehead atoms. The number of hydrogen-bond acceptors (Lipinski definition) is 2. The van der Waals surface area contributed by atoms with Crippen LogP contribution in [0.3, 0.4) is 0 Å². The van der Waals surface area contributed by atoms with Crippen LogP contribution in [0.4, 0.5) is 0 Å². The van der Waals surface area contributed by atoms with E-state index in [9.17, 15) is 0 Å². The van der Waals surface area contributed by atoms with Crippen molar-refractivity contribution in [2.24, 2.45) is 5.41 Å². The zero-order valence-corrected chi connectivity index (χ0v) is 15.1. The molecule has 21 heavy (non-hydrogen) atoms. The van der Waals surface area contributed by atoms with Gasteiger partial charge in [0, 0.05) is 30.5 Å². The number of aryl methyl sites for hydroxylation is 2. The number of halogens is 1. The molecule has 0 aromatic carbocycles. The molecule has 120 valence electrons. The average molecular weight is 312 g/mol. The summed E-state index contributed by atoms with van der Waals surface area (Å²) >= 11 is 6.52. The lowest BCUT2D eigenvalue weighted by atomic mass is 9.84. The van der Waals surface area contributed by atoms with E-state index in [1.165, 1.54) is 0 Å². The van der Waals surface area contributed by atoms with E-state index in [1.54, 1.807) is 0 Å². The summed E-state index contributed by atoms with van der Waals surface area (Å²) in [6.45, 7) is 18.7. The average Bonchev–Trinajstić information content (AvgIpc) is 2.72. The van der Waals surface area contributed by atoms with Crippen LogP contribution in [0, 0.1) is 5.41 Å². The minimum Gasteiger partial charge on any atom is -0.311 e. The van der Waals surface area contributed by atoms with E-state index in [0.29, 0.717) is 0 Å². The molecular weight excluding hydrogens is 282 g/mol. The molecule has 0 aliphatic carbocycles. The van der Waals surface area contributed by atoms with E-state index in [2.05, 4.69) is 58.5 Å². The van der Waals surface area contributed by atoms with Crippen LogP contribution in [0.25, 0.3) is 0 Å². The number of aromatic nitrogens is 2. The third-order valence-corrected chi connectivity index (χ3v) is 4.22. The third kappa shape index (κ3) is 4.86. The molecular formula is C17H30ClN3. The van der Waals surface area contributed by atoms with Crippen LogP contribution >= 0.6 is 11.6 Å². The van der Waals surface area contributed by atoms with Gasteiger partial charge in [-0.15, -0.1) is 6.58 Å². The first-order valence-electron chi connectivity index (χ1n) is 7.78. The SMILES string of the molecule is C=CC(C)(CNC(C)(C)C)Cc1c(Cl)c(CC)nn1CC. The monoisotopic (exact) mass is 311 g/mol. The summed E-state index contributed by atoms with van der Waals surface area (Å²) in [4.78, 5) is 0. The Hall–Kier alpha value is -0.800. The molecule has 0 fully saturated rings. The highest BCUT2D eigenvalue weighted by atomic mass is 35.5. The summed E-state index contributed by atoms with van der Waals surface area (Å²) in [7, 11) is 0. The Morgan fingerprint density at radius 3 is 2.33 bits per heavy atom. The van der Waals surface area contributed by atoms with E-state index in [4.69, 9.17) is 11.6 Å². The molecule has 1 aromatic rings. The summed E-state index contributed by atoms with van der Waals surface area (Å²) in [5.41, 5.74) is 2.15. The maximum atomic E-state index is 6.52. The smallest absolute Gasteiger partial charge is 0.0850 e. The molecule has 1 N–H and O–H groups in total. The summed E-state index contributed by atoms with van der Waals surface area (Å²) in [6, 6.07) is 0. The topological polar surface area (TPSA) is 29.9 Å². The van der Waals surface area contributed by atoms with Crippen molar-refractivity contribution in [1.82, 2.24) is 15.1 Å². The Morgan fingerprint density at radius 1 is 1.29 bits per heavy atom. The second-order valence-electron chi connectivity index (χ2n) is 7.02. The minimum atomic E-state index is -0.0467. The number of rotatable bonds is 7. The maximum absolute atomic E-state index is 6.52. The Labute approximate surface area is 134 Å². The van der Waals surface area contributed by atoms with Crippen LogP contribution in [-0.4, -0.2) is 21.9 Å². The lowest BCUT2D eigenvalue weighted by Crippen LogP contribution is -2.43. The molecule has 0 radical (unpaired) electrons. The molecule has 1 aromatic heterocycles. The normalized spacial score (nSPS) is 15.0. The van der Waals surface area contributed by atoms with Crippen LogP contribution in [0.1, 0.15) is 52.9 Å². The predicted molar refractivity (Wildman–Crippen MR) is 92.1 cm³/mol. The van der Waals surface area contributed by atoms with Crippen LogP contribution in [-0.2, 0) is 19.4 Å². The molecule has 0 spiro atoms. The number of nitrogens with zero attached hydrogens (tertiary/aromatic N) is 2. The highest BCUT2D eigenvalue weighted by molar-refractivity contribution is 6.31. The van der Waals surface area contributed by atoms with Gasteiger partial charge in [-0.1, -0.05) is 31.5 Å². The third-order valence-electron chi connectivity index (χ3n) is 3.78. The van der Waals surface area contributed by atoms with Crippen molar-refractivity contribution in [3.63, 3.8) is 0 Å². The van der Waals surface area contributed by atoms with Gasteiger partial charge in [0.05, 0.1) is 16.4 Å². The summed E-state index contributed by atoms with van der Waals surface area (Å²) < 4.78 is 2.03. The second kappa shape index (κ2) is 6.97. The lowest BCUT2D eigenvalue weighted by Gasteiger charge is -2.31. The number of hydrogen-bond donors (Lipinski definition) is 1. The Bertz CT molecular complexity index is 485. The predicted octanol–water partition coefficient (Wildman–Crippen LogP) is 4.24. The molecule has 1 unspecified atom stereocenters. The van der Waals surface area contributed by atoms with Crippen molar-refractivity contribution in [3.05, 3.63) is 29.1 Å². The standard InChI is InChI=1S/C17H30ClN3/c1-8-13-15(18)14(21(10-3)20-13)11-17(7,9-2)12-19-16(4,5)6/h9,19H,2,8,10-12H2,1,3-7H3. The van der Waals surface area contributed by atoms with E-state index >= 15 is 0 Å². The van der Waals surface area contributed by atoms with Crippen LogP contribution in [0.2, 0.25) is 5.02 Å². The highest BCUT2D eigenvalue weighted by Gasteiger charge is 2.27. The Kier molecular flexibility index (Phi) is 6.06. The first-order chi connectivity index (χ1) is 9.65. The van der Waals surface area contributed by atoms with Crippen molar-refractivity contribution in [3.8, 4) is 0 Å². The molecule has 0 aliphatic heterocycles. The van der Waals surface area contributed by atoms with Crippen molar-refractivity contribution >= 4 is 11.6 Å². The summed E-state index contributed by atoms with van der Waals surface area (Å²) in [5.74, 6) is 0. The Morgan fingerprint density at radius 2 is 1.90 bits per heavy atom. The Balaban J connectivity index is 3.00. The van der Waals surface area contributed by atoms with Gasteiger partial charge >= 0.3 is 0 Å². The first kappa shape index (κ1) is 18.2. The molecule has 1 atom stereocenters. The van der Waals surface area contributed by atoms with Gasteiger partial charge in [0.2, 0.25) is 0 Å². The molecule has 0 amide bonds. The van der Waals surface area contributed by atoms with Gasteiger partial charge in [-0.25, -0.2) is 0 Å². The molecule has 3 nitrogen and oxygen atoms in total. The minimum absolute atomic E-state index is 0.0467. The highest BCUT2D eigenvalue weighted by Crippen LogP contribution is 2.30. The number of nitrogens with one attached hydrogen (secondary N) is 1. The molecule has 4 heteroatoms. The molecule has 0 aliphatic rings. The van der Waals surface area contributed by atoms with E-state index in [1.807, 2.05) is 10.8 Å². The first-order valence-corrected chi connectivity index (χ1v) is 8.16. The molecule has 0 saturated heterocycles. The van der Waals surface area contributed by atoms with Crippen LogP contribution < -0.4 is 5.32 Å². The van der Waals surface area contributed by atoms with Gasteiger partial charge in [-0.3, -0.25) is 4.68 Å². The lowest BCUT2D eigenvalue weighted by molar-refractivity contribution is 0.317. The molecule has 1 heterocycles. The van der Waals surface area contributed by atoms with Gasteiger partial charge in [-0.05, 0) is 34.1 Å². The van der Waals surface area contributed by atoms with E-state index in [0.717, 1.165) is 42.3 Å². The molecule has 0 saturated carbocycles. The van der Waals surface area contributed by atoms with Gasteiger partial charge in [-0.2, -0.15) is 5.10 Å². The fourth-order valence-corrected chi connectivity index (χ4v) is 2.58. The second-order valence-corrected chi connectivity index (χ2v) is 7.39. The van der Waals surface area contributed by atoms with E-state index < -0.39 is 0 Å². The van der Waals surface area contributed by atoms with Gasteiger partial charge in [0.1, 0.15) is 0 Å². The largest absolute Gasteiger partial charge is 0.311 e. The van der Waals surface area contributed by atoms with Gasteiger partial charge < -0.3 is 5.32 Å². The quantitative estimate of drug-likeness (QED) is 0.763. The molecule has 1 rings (SSSR count). The van der Waals surface area contributed by atoms with Crippen molar-refractivity contribution in [1.29, 1.82) is 0 Å². The van der Waals surface area contributed by atoms with Gasteiger partial charge in [0.25, 0.3) is 0 Å². The zero-order chi connectivity index (χ0) is 16.3. The maximum Gasteiger partial charge on any atom is 0.0850 e. The van der Waals surface area contributed by atoms with Crippen molar-refractivity contribution < 1.29 is 0 Å². The fraction of sp³-hybridized carbons (Fsp3) is 0.706. The van der Waals surface area contributed by atoms with Gasteiger partial charge in [0.15, 0.2) is 0 Å². The summed E-state index contributed by atoms with van der Waals surface area (Å²) in [6.07, 6.45) is 3.74. The van der Waals surface area contributed by atoms with Crippen LogP contribution in [0.5, 0.6) is 0 Å². The van der Waals surface area contributed by atoms with E-state index in [-0.39, 0.29) is 11.0 Å². The zero-order valence-electron chi connectivity index (χ0n) is 14.4.